The molecule has 5 nitrogen and oxygen atoms in total. The van der Waals surface area contributed by atoms with Gasteiger partial charge in [-0.1, -0.05) is 0 Å². The van der Waals surface area contributed by atoms with Gasteiger partial charge in [-0.3, -0.25) is 9.69 Å². The summed E-state index contributed by atoms with van der Waals surface area (Å²) in [5.74, 6) is -0.0836. The van der Waals surface area contributed by atoms with Crippen LogP contribution in [0.1, 0.15) is 17.3 Å². The first kappa shape index (κ1) is 18.5. The number of piperazine rings is 1. The van der Waals surface area contributed by atoms with Crippen molar-refractivity contribution in [3.8, 4) is 5.75 Å². The summed E-state index contributed by atoms with van der Waals surface area (Å²) in [5.41, 5.74) is 0.415. The maximum atomic E-state index is 12.4. The molecule has 8 heteroatoms. The van der Waals surface area contributed by atoms with E-state index in [1.807, 2.05) is 0 Å². The lowest BCUT2D eigenvalue weighted by atomic mass is 10.1. The number of β-amino-alcohol motifs (C(OH)–C–C–N with tert-alkyl or cyclic N) is 1. The molecule has 1 atom stereocenters. The van der Waals surface area contributed by atoms with Crippen molar-refractivity contribution in [2.75, 3.05) is 39.3 Å². The molecule has 0 unspecified atom stereocenters. The van der Waals surface area contributed by atoms with Crippen molar-refractivity contribution < 1.29 is 27.8 Å². The van der Waals surface area contributed by atoms with Crippen molar-refractivity contribution in [3.05, 3.63) is 29.8 Å². The van der Waals surface area contributed by atoms with Crippen molar-refractivity contribution in [3.63, 3.8) is 0 Å². The topological polar surface area (TPSA) is 53.0 Å². The molecule has 1 saturated heterocycles. The Hall–Kier alpha value is -1.80. The van der Waals surface area contributed by atoms with Crippen molar-refractivity contribution in [1.82, 2.24) is 9.80 Å². The Labute approximate surface area is 138 Å². The number of carbonyl (C=O) groups is 1. The molecule has 1 amide bonds. The average molecular weight is 346 g/mol. The van der Waals surface area contributed by atoms with E-state index < -0.39 is 18.9 Å². The number of carbonyl (C=O) groups excluding carboxylic acids is 1. The Morgan fingerprint density at radius 1 is 1.21 bits per heavy atom. The van der Waals surface area contributed by atoms with Crippen LogP contribution in [0.2, 0.25) is 0 Å². The van der Waals surface area contributed by atoms with E-state index in [0.29, 0.717) is 38.3 Å². The number of benzene rings is 1. The molecular weight excluding hydrogens is 325 g/mol. The van der Waals surface area contributed by atoms with E-state index in [9.17, 15) is 23.1 Å². The van der Waals surface area contributed by atoms with Gasteiger partial charge < -0.3 is 14.7 Å². The first-order valence-corrected chi connectivity index (χ1v) is 7.74. The molecule has 0 aliphatic carbocycles. The summed E-state index contributed by atoms with van der Waals surface area (Å²) in [6, 6.07) is 5.66. The Kier molecular flexibility index (Phi) is 6.06. The second-order valence-electron chi connectivity index (χ2n) is 5.87. The van der Waals surface area contributed by atoms with Crippen molar-refractivity contribution in [1.29, 1.82) is 0 Å². The zero-order valence-electron chi connectivity index (χ0n) is 13.4. The number of rotatable bonds is 5. The highest BCUT2D eigenvalue weighted by Crippen LogP contribution is 2.19. The Morgan fingerprint density at radius 2 is 1.79 bits per heavy atom. The molecule has 1 fully saturated rings. The van der Waals surface area contributed by atoms with E-state index in [1.54, 1.807) is 11.8 Å². The van der Waals surface area contributed by atoms with Crippen LogP contribution in [0.4, 0.5) is 13.2 Å². The monoisotopic (exact) mass is 346 g/mol. The van der Waals surface area contributed by atoms with Crippen LogP contribution >= 0.6 is 0 Å². The van der Waals surface area contributed by atoms with Gasteiger partial charge in [0.15, 0.2) is 6.61 Å². The molecule has 0 radical (unpaired) electrons. The number of hydrogen-bond acceptors (Lipinski definition) is 4. The predicted molar refractivity (Wildman–Crippen MR) is 82.0 cm³/mol. The number of alkyl halides is 3. The third-order valence-corrected chi connectivity index (χ3v) is 3.69. The van der Waals surface area contributed by atoms with Crippen LogP contribution in [0.25, 0.3) is 0 Å². The molecule has 2 rings (SSSR count). The number of ether oxygens (including phenoxy) is 1. The molecule has 1 aromatic carbocycles. The zero-order valence-corrected chi connectivity index (χ0v) is 13.4. The number of amides is 1. The number of aliphatic hydroxyl groups is 1. The van der Waals surface area contributed by atoms with Gasteiger partial charge >= 0.3 is 6.18 Å². The molecular formula is C16H21F3N2O3. The molecule has 1 aliphatic heterocycles. The Balaban J connectivity index is 1.87. The van der Waals surface area contributed by atoms with Crippen LogP contribution in [0.3, 0.4) is 0 Å². The van der Waals surface area contributed by atoms with Crippen LogP contribution in [-0.2, 0) is 0 Å². The van der Waals surface area contributed by atoms with Crippen LogP contribution in [-0.4, -0.2) is 72.4 Å². The average Bonchev–Trinajstić information content (AvgIpc) is 2.52. The zero-order chi connectivity index (χ0) is 17.7. The maximum absolute atomic E-state index is 12.4. The molecule has 0 saturated carbocycles. The quantitative estimate of drug-likeness (QED) is 0.883. The second kappa shape index (κ2) is 7.85. The number of aliphatic hydroxyl groups excluding tert-OH is 1. The molecule has 0 bridgehead atoms. The number of hydrogen-bond donors (Lipinski definition) is 1. The molecule has 0 aromatic heterocycles. The fraction of sp³-hybridized carbons (Fsp3) is 0.562. The first-order chi connectivity index (χ1) is 11.2. The third kappa shape index (κ3) is 5.68. The van der Waals surface area contributed by atoms with Crippen molar-refractivity contribution >= 4 is 5.91 Å². The highest BCUT2D eigenvalue weighted by atomic mass is 19.4. The van der Waals surface area contributed by atoms with E-state index >= 15 is 0 Å². The molecule has 1 N–H and O–H groups in total. The summed E-state index contributed by atoms with van der Waals surface area (Å²) in [7, 11) is 0. The minimum atomic E-state index is -4.39. The minimum Gasteiger partial charge on any atom is -0.484 e. The molecule has 1 aliphatic rings. The SMILES string of the molecule is C[C@H](O)CN1CCN(C(=O)c2ccc(OCC(F)(F)F)cc2)CC1. The minimum absolute atomic E-state index is 0.0747. The lowest BCUT2D eigenvalue weighted by molar-refractivity contribution is -0.153. The van der Waals surface area contributed by atoms with Gasteiger partial charge in [0.25, 0.3) is 5.91 Å². The molecule has 1 aromatic rings. The van der Waals surface area contributed by atoms with E-state index in [1.165, 1.54) is 24.3 Å². The highest BCUT2D eigenvalue weighted by Gasteiger charge is 2.28. The first-order valence-electron chi connectivity index (χ1n) is 7.74. The van der Waals surface area contributed by atoms with Gasteiger partial charge in [0.1, 0.15) is 5.75 Å². The molecule has 1 heterocycles. The summed E-state index contributed by atoms with van der Waals surface area (Å²) in [5, 5.41) is 9.37. The van der Waals surface area contributed by atoms with Crippen LogP contribution < -0.4 is 4.74 Å². The van der Waals surface area contributed by atoms with E-state index in [0.717, 1.165) is 0 Å². The van der Waals surface area contributed by atoms with E-state index in [4.69, 9.17) is 0 Å². The Morgan fingerprint density at radius 3 is 2.29 bits per heavy atom. The predicted octanol–water partition coefficient (Wildman–Crippen LogP) is 1.77. The van der Waals surface area contributed by atoms with Gasteiger partial charge in [-0.15, -0.1) is 0 Å². The molecule has 0 spiro atoms. The largest absolute Gasteiger partial charge is 0.484 e. The normalized spacial score (nSPS) is 17.6. The maximum Gasteiger partial charge on any atom is 0.422 e. The van der Waals surface area contributed by atoms with Crippen LogP contribution in [0.15, 0.2) is 24.3 Å². The molecule has 134 valence electrons. The third-order valence-electron chi connectivity index (χ3n) is 3.69. The van der Waals surface area contributed by atoms with E-state index in [2.05, 4.69) is 9.64 Å². The highest BCUT2D eigenvalue weighted by molar-refractivity contribution is 5.94. The van der Waals surface area contributed by atoms with Crippen molar-refractivity contribution in [2.24, 2.45) is 0 Å². The van der Waals surface area contributed by atoms with Gasteiger partial charge in [0, 0.05) is 38.3 Å². The second-order valence-corrected chi connectivity index (χ2v) is 5.87. The molecule has 24 heavy (non-hydrogen) atoms. The lowest BCUT2D eigenvalue weighted by Crippen LogP contribution is -2.50. The van der Waals surface area contributed by atoms with Gasteiger partial charge in [-0.25, -0.2) is 0 Å². The van der Waals surface area contributed by atoms with Gasteiger partial charge in [-0.05, 0) is 31.2 Å². The van der Waals surface area contributed by atoms with Gasteiger partial charge in [0.05, 0.1) is 6.10 Å². The fourth-order valence-corrected chi connectivity index (χ4v) is 2.55. The fourth-order valence-electron chi connectivity index (χ4n) is 2.55. The van der Waals surface area contributed by atoms with Crippen LogP contribution in [0, 0.1) is 0 Å². The van der Waals surface area contributed by atoms with Gasteiger partial charge in [0.2, 0.25) is 0 Å². The number of nitrogens with zero attached hydrogens (tertiary/aromatic N) is 2. The summed E-state index contributed by atoms with van der Waals surface area (Å²) in [4.78, 5) is 16.2. The lowest BCUT2D eigenvalue weighted by Gasteiger charge is -2.35. The standard InChI is InChI=1S/C16H21F3N2O3/c1-12(22)10-20-6-8-21(9-7-20)15(23)13-2-4-14(5-3-13)24-11-16(17,18)19/h2-5,12,22H,6-11H2,1H3/t12-/m0/s1. The summed E-state index contributed by atoms with van der Waals surface area (Å²) < 4.78 is 40.9. The number of halogens is 3. The van der Waals surface area contributed by atoms with Gasteiger partial charge in [-0.2, -0.15) is 13.2 Å². The smallest absolute Gasteiger partial charge is 0.422 e. The summed E-state index contributed by atoms with van der Waals surface area (Å²) in [6.45, 7) is 3.42. The van der Waals surface area contributed by atoms with Crippen LogP contribution in [0.5, 0.6) is 5.75 Å². The summed E-state index contributed by atoms with van der Waals surface area (Å²) >= 11 is 0. The van der Waals surface area contributed by atoms with E-state index in [-0.39, 0.29) is 11.7 Å². The summed E-state index contributed by atoms with van der Waals surface area (Å²) in [6.07, 6.45) is -4.79. The van der Waals surface area contributed by atoms with Crippen molar-refractivity contribution in [2.45, 2.75) is 19.2 Å². The Bertz CT molecular complexity index is 538.